The Labute approximate surface area is 85.5 Å². The first-order valence-electron chi connectivity index (χ1n) is 4.88. The second-order valence-electron chi connectivity index (χ2n) is 3.00. The Morgan fingerprint density at radius 3 is 2.57 bits per heavy atom. The normalized spacial score (nSPS) is 11.9. The molecule has 0 aromatic heterocycles. The van der Waals surface area contributed by atoms with Gasteiger partial charge in [-0.2, -0.15) is 5.26 Å². The third kappa shape index (κ3) is 3.75. The summed E-state index contributed by atoms with van der Waals surface area (Å²) in [4.78, 5) is 13.3. The van der Waals surface area contributed by atoms with Crippen LogP contribution in [0.5, 0.6) is 0 Å². The number of rotatable bonds is 6. The Bertz CT molecular complexity index is 211. The Kier molecular flexibility index (Phi) is 6.77. The van der Waals surface area contributed by atoms with Crippen molar-refractivity contribution in [3.05, 3.63) is 0 Å². The van der Waals surface area contributed by atoms with Crippen molar-refractivity contribution in [2.75, 3.05) is 26.8 Å². The number of carbonyl (C=O) groups excluding carboxylic acids is 1. The lowest BCUT2D eigenvalue weighted by Crippen LogP contribution is -2.37. The predicted octanol–water partition coefficient (Wildman–Crippen LogP) is 1.03. The fraction of sp³-hybridized carbons (Fsp3) is 0.800. The van der Waals surface area contributed by atoms with Crippen LogP contribution >= 0.6 is 0 Å². The Balaban J connectivity index is 4.23. The topological polar surface area (TPSA) is 53.3 Å². The first-order chi connectivity index (χ1) is 6.71. The van der Waals surface area contributed by atoms with Crippen LogP contribution in [-0.2, 0) is 9.53 Å². The summed E-state index contributed by atoms with van der Waals surface area (Å²) in [5.74, 6) is -0.596. The van der Waals surface area contributed by atoms with Crippen LogP contribution in [-0.4, -0.2) is 37.6 Å². The van der Waals surface area contributed by atoms with Gasteiger partial charge in [0.1, 0.15) is 5.92 Å². The van der Waals surface area contributed by atoms with Gasteiger partial charge in [0.15, 0.2) is 0 Å². The van der Waals surface area contributed by atoms with Crippen molar-refractivity contribution in [1.82, 2.24) is 4.90 Å². The quantitative estimate of drug-likeness (QED) is 0.640. The molecule has 0 N–H and O–H groups in total. The Hall–Kier alpha value is -1.08. The van der Waals surface area contributed by atoms with Crippen LogP contribution < -0.4 is 0 Å². The minimum absolute atomic E-state index is 0.0884. The van der Waals surface area contributed by atoms with Crippen LogP contribution in [0.3, 0.4) is 0 Å². The smallest absolute Gasteiger partial charge is 0.239 e. The van der Waals surface area contributed by atoms with Crippen molar-refractivity contribution >= 4 is 5.91 Å². The molecule has 0 aliphatic rings. The van der Waals surface area contributed by atoms with Crippen molar-refractivity contribution in [1.29, 1.82) is 5.26 Å². The zero-order valence-corrected chi connectivity index (χ0v) is 9.12. The average molecular weight is 198 g/mol. The molecule has 0 aromatic rings. The molecule has 0 rings (SSSR count). The highest BCUT2D eigenvalue weighted by molar-refractivity contribution is 5.81. The maximum absolute atomic E-state index is 11.7. The van der Waals surface area contributed by atoms with E-state index in [9.17, 15) is 4.79 Å². The van der Waals surface area contributed by atoms with Crippen LogP contribution in [0.15, 0.2) is 0 Å². The van der Waals surface area contributed by atoms with E-state index < -0.39 is 5.92 Å². The van der Waals surface area contributed by atoms with E-state index in [-0.39, 0.29) is 5.91 Å². The summed E-state index contributed by atoms with van der Waals surface area (Å²) in [6, 6.07) is 2.01. The molecule has 0 fully saturated rings. The first kappa shape index (κ1) is 12.9. The number of amides is 1. The maximum atomic E-state index is 11.7. The molecule has 0 heterocycles. The van der Waals surface area contributed by atoms with Crippen molar-refractivity contribution in [3.8, 4) is 6.07 Å². The highest BCUT2D eigenvalue weighted by atomic mass is 16.5. The van der Waals surface area contributed by atoms with Gasteiger partial charge in [-0.15, -0.1) is 0 Å². The number of nitrogens with zero attached hydrogens (tertiary/aromatic N) is 2. The second-order valence-corrected chi connectivity index (χ2v) is 3.00. The fourth-order valence-electron chi connectivity index (χ4n) is 1.17. The number of likely N-dealkylation sites (N-methyl/N-ethyl adjacent to an activating group) is 1. The summed E-state index contributed by atoms with van der Waals surface area (Å²) in [5.41, 5.74) is 0. The molecule has 1 amide bonds. The van der Waals surface area contributed by atoms with Crippen LogP contribution in [0.25, 0.3) is 0 Å². The van der Waals surface area contributed by atoms with Crippen LogP contribution in [0.4, 0.5) is 0 Å². The Morgan fingerprint density at radius 2 is 2.21 bits per heavy atom. The Morgan fingerprint density at radius 1 is 1.57 bits per heavy atom. The summed E-state index contributed by atoms with van der Waals surface area (Å²) in [6.45, 7) is 5.44. The number of hydrogen-bond acceptors (Lipinski definition) is 3. The van der Waals surface area contributed by atoms with Gasteiger partial charge in [-0.05, 0) is 13.3 Å². The molecule has 4 nitrogen and oxygen atoms in total. The van der Waals surface area contributed by atoms with Gasteiger partial charge in [-0.25, -0.2) is 0 Å². The largest absolute Gasteiger partial charge is 0.383 e. The van der Waals surface area contributed by atoms with Crippen molar-refractivity contribution < 1.29 is 9.53 Å². The maximum Gasteiger partial charge on any atom is 0.239 e. The SMILES string of the molecule is CCC(C#N)C(=O)N(CC)CCOC. The number of carbonyl (C=O) groups is 1. The molecule has 0 spiro atoms. The monoisotopic (exact) mass is 198 g/mol. The van der Waals surface area contributed by atoms with Crippen molar-refractivity contribution in [2.45, 2.75) is 20.3 Å². The summed E-state index contributed by atoms with van der Waals surface area (Å²) >= 11 is 0. The second kappa shape index (κ2) is 7.34. The van der Waals surface area contributed by atoms with Gasteiger partial charge in [0, 0.05) is 20.2 Å². The third-order valence-corrected chi connectivity index (χ3v) is 2.12. The van der Waals surface area contributed by atoms with Gasteiger partial charge in [-0.3, -0.25) is 4.79 Å². The highest BCUT2D eigenvalue weighted by Gasteiger charge is 2.20. The van der Waals surface area contributed by atoms with E-state index in [1.165, 1.54) is 0 Å². The summed E-state index contributed by atoms with van der Waals surface area (Å²) in [5, 5.41) is 8.74. The van der Waals surface area contributed by atoms with Crippen molar-refractivity contribution in [2.24, 2.45) is 5.92 Å². The van der Waals surface area contributed by atoms with Crippen LogP contribution in [0.1, 0.15) is 20.3 Å². The fourth-order valence-corrected chi connectivity index (χ4v) is 1.17. The van der Waals surface area contributed by atoms with Crippen LogP contribution in [0, 0.1) is 17.2 Å². The molecular weight excluding hydrogens is 180 g/mol. The molecule has 0 saturated heterocycles. The first-order valence-corrected chi connectivity index (χ1v) is 4.88. The van der Waals surface area contributed by atoms with E-state index in [1.807, 2.05) is 19.9 Å². The van der Waals surface area contributed by atoms with E-state index >= 15 is 0 Å². The molecule has 1 atom stereocenters. The highest BCUT2D eigenvalue weighted by Crippen LogP contribution is 2.06. The molecule has 80 valence electrons. The predicted molar refractivity (Wildman–Crippen MR) is 53.5 cm³/mol. The zero-order chi connectivity index (χ0) is 11.0. The van der Waals surface area contributed by atoms with Gasteiger partial charge in [0.25, 0.3) is 0 Å². The summed E-state index contributed by atoms with van der Waals surface area (Å²) in [6.07, 6.45) is 0.568. The molecule has 0 saturated carbocycles. The molecule has 0 aliphatic carbocycles. The lowest BCUT2D eigenvalue weighted by molar-refractivity contribution is -0.134. The summed E-state index contributed by atoms with van der Waals surface area (Å²) in [7, 11) is 1.60. The van der Waals surface area contributed by atoms with E-state index in [0.29, 0.717) is 26.1 Å². The van der Waals surface area contributed by atoms with E-state index in [0.717, 1.165) is 0 Å². The molecule has 4 heteroatoms. The molecule has 0 radical (unpaired) electrons. The summed E-state index contributed by atoms with van der Waals surface area (Å²) < 4.78 is 4.89. The number of ether oxygens (including phenoxy) is 1. The lowest BCUT2D eigenvalue weighted by Gasteiger charge is -2.22. The number of methoxy groups -OCH3 is 1. The number of hydrogen-bond donors (Lipinski definition) is 0. The molecule has 0 bridgehead atoms. The van der Waals surface area contributed by atoms with Gasteiger partial charge >= 0.3 is 0 Å². The zero-order valence-electron chi connectivity index (χ0n) is 9.12. The van der Waals surface area contributed by atoms with E-state index in [2.05, 4.69) is 0 Å². The van der Waals surface area contributed by atoms with E-state index in [4.69, 9.17) is 10.00 Å². The molecule has 0 aliphatic heterocycles. The minimum Gasteiger partial charge on any atom is -0.383 e. The molecule has 0 aromatic carbocycles. The van der Waals surface area contributed by atoms with Crippen LogP contribution in [0.2, 0.25) is 0 Å². The number of nitriles is 1. The molecule has 14 heavy (non-hydrogen) atoms. The molecule has 1 unspecified atom stereocenters. The van der Waals surface area contributed by atoms with Gasteiger partial charge in [-0.1, -0.05) is 6.92 Å². The lowest BCUT2D eigenvalue weighted by atomic mass is 10.1. The van der Waals surface area contributed by atoms with Gasteiger partial charge < -0.3 is 9.64 Å². The molecular formula is C10H18N2O2. The van der Waals surface area contributed by atoms with E-state index in [1.54, 1.807) is 12.0 Å². The average Bonchev–Trinajstić information content (AvgIpc) is 2.21. The van der Waals surface area contributed by atoms with Crippen molar-refractivity contribution in [3.63, 3.8) is 0 Å². The standard InChI is InChI=1S/C10H18N2O2/c1-4-9(8-11)10(13)12(5-2)6-7-14-3/h9H,4-7H2,1-3H3. The van der Waals surface area contributed by atoms with Gasteiger partial charge in [0.05, 0.1) is 12.7 Å². The van der Waals surface area contributed by atoms with Gasteiger partial charge in [0.2, 0.25) is 5.91 Å². The third-order valence-electron chi connectivity index (χ3n) is 2.12. The minimum atomic E-state index is -0.508.